The smallest absolute Gasteiger partial charge is 0.255 e. The van der Waals surface area contributed by atoms with Gasteiger partial charge in [-0.15, -0.1) is 0 Å². The molecule has 0 atom stereocenters. The SMILES string of the molecule is O=C(c1cccc(Br)c1)N1CCN(C(=O)c2cccc(Cl)c2Cl)CC1. The number of halogens is 3. The van der Waals surface area contributed by atoms with E-state index < -0.39 is 0 Å². The van der Waals surface area contributed by atoms with Gasteiger partial charge in [-0.25, -0.2) is 0 Å². The minimum absolute atomic E-state index is 0.0332. The molecule has 25 heavy (non-hydrogen) atoms. The summed E-state index contributed by atoms with van der Waals surface area (Å²) in [6.07, 6.45) is 0. The van der Waals surface area contributed by atoms with Crippen LogP contribution in [0.15, 0.2) is 46.9 Å². The molecule has 1 aliphatic heterocycles. The lowest BCUT2D eigenvalue weighted by Crippen LogP contribution is -2.50. The molecule has 0 spiro atoms. The van der Waals surface area contributed by atoms with Crippen LogP contribution >= 0.6 is 39.1 Å². The van der Waals surface area contributed by atoms with Crippen LogP contribution in [-0.4, -0.2) is 47.8 Å². The van der Waals surface area contributed by atoms with E-state index in [0.29, 0.717) is 42.3 Å². The Morgan fingerprint density at radius 2 is 1.48 bits per heavy atom. The fraction of sp³-hybridized carbons (Fsp3) is 0.222. The first-order chi connectivity index (χ1) is 12.0. The second kappa shape index (κ2) is 7.77. The van der Waals surface area contributed by atoms with E-state index in [-0.39, 0.29) is 16.8 Å². The van der Waals surface area contributed by atoms with Gasteiger partial charge in [0.15, 0.2) is 0 Å². The highest BCUT2D eigenvalue weighted by Gasteiger charge is 2.26. The molecule has 4 nitrogen and oxygen atoms in total. The molecular formula is C18H15BrCl2N2O2. The summed E-state index contributed by atoms with van der Waals surface area (Å²) in [6, 6.07) is 12.3. The molecule has 0 bridgehead atoms. The third-order valence-electron chi connectivity index (χ3n) is 4.11. The van der Waals surface area contributed by atoms with Crippen LogP contribution in [-0.2, 0) is 0 Å². The van der Waals surface area contributed by atoms with E-state index >= 15 is 0 Å². The maximum atomic E-state index is 12.6. The largest absolute Gasteiger partial charge is 0.335 e. The standard InChI is InChI=1S/C18H15BrCl2N2O2/c19-13-4-1-3-12(11-13)17(24)22-7-9-23(10-8-22)18(25)14-5-2-6-15(20)16(14)21/h1-6,11H,7-10H2. The van der Waals surface area contributed by atoms with Gasteiger partial charge in [-0.2, -0.15) is 0 Å². The van der Waals surface area contributed by atoms with Crippen LogP contribution in [0.3, 0.4) is 0 Å². The molecule has 3 rings (SSSR count). The Morgan fingerprint density at radius 1 is 0.880 bits per heavy atom. The van der Waals surface area contributed by atoms with E-state index in [4.69, 9.17) is 23.2 Å². The quantitative estimate of drug-likeness (QED) is 0.694. The highest BCUT2D eigenvalue weighted by molar-refractivity contribution is 9.10. The monoisotopic (exact) mass is 440 g/mol. The summed E-state index contributed by atoms with van der Waals surface area (Å²) in [7, 11) is 0. The zero-order valence-corrected chi connectivity index (χ0v) is 16.3. The Hall–Kier alpha value is -1.56. The average molecular weight is 442 g/mol. The molecule has 1 aliphatic rings. The highest BCUT2D eigenvalue weighted by Crippen LogP contribution is 2.27. The summed E-state index contributed by atoms with van der Waals surface area (Å²) in [6.45, 7) is 1.88. The van der Waals surface area contributed by atoms with E-state index in [1.165, 1.54) is 0 Å². The Labute approximate surface area is 164 Å². The summed E-state index contributed by atoms with van der Waals surface area (Å²) >= 11 is 15.5. The van der Waals surface area contributed by atoms with Crippen molar-refractivity contribution in [3.63, 3.8) is 0 Å². The molecule has 0 unspecified atom stereocenters. The van der Waals surface area contributed by atoms with Crippen molar-refractivity contribution in [2.24, 2.45) is 0 Å². The molecule has 1 saturated heterocycles. The van der Waals surface area contributed by atoms with Gasteiger partial charge in [0.1, 0.15) is 0 Å². The summed E-state index contributed by atoms with van der Waals surface area (Å²) in [5.74, 6) is -0.198. The van der Waals surface area contributed by atoms with Gasteiger partial charge in [0.2, 0.25) is 0 Å². The molecule has 2 amide bonds. The highest BCUT2D eigenvalue weighted by atomic mass is 79.9. The van der Waals surface area contributed by atoms with Crippen LogP contribution in [0.2, 0.25) is 10.0 Å². The van der Waals surface area contributed by atoms with Crippen molar-refractivity contribution >= 4 is 50.9 Å². The van der Waals surface area contributed by atoms with Crippen LogP contribution in [0.1, 0.15) is 20.7 Å². The molecule has 0 aliphatic carbocycles. The third-order valence-corrected chi connectivity index (χ3v) is 5.42. The Kier molecular flexibility index (Phi) is 5.67. The molecule has 2 aromatic carbocycles. The van der Waals surface area contributed by atoms with Crippen molar-refractivity contribution in [3.8, 4) is 0 Å². The van der Waals surface area contributed by atoms with Crippen molar-refractivity contribution in [3.05, 3.63) is 68.1 Å². The molecule has 0 saturated carbocycles. The van der Waals surface area contributed by atoms with Crippen LogP contribution in [0.25, 0.3) is 0 Å². The third kappa shape index (κ3) is 4.00. The second-order valence-corrected chi connectivity index (χ2v) is 7.40. The number of benzene rings is 2. The lowest BCUT2D eigenvalue weighted by atomic mass is 10.1. The number of amides is 2. The maximum absolute atomic E-state index is 12.6. The first-order valence-corrected chi connectivity index (χ1v) is 9.30. The molecule has 0 N–H and O–H groups in total. The number of nitrogens with zero attached hydrogens (tertiary/aromatic N) is 2. The lowest BCUT2D eigenvalue weighted by molar-refractivity contribution is 0.0535. The van der Waals surface area contributed by atoms with Crippen molar-refractivity contribution in [2.45, 2.75) is 0 Å². The summed E-state index contributed by atoms with van der Waals surface area (Å²) < 4.78 is 0.864. The number of carbonyl (C=O) groups is 2. The first kappa shape index (κ1) is 18.2. The molecule has 7 heteroatoms. The predicted molar refractivity (Wildman–Crippen MR) is 102 cm³/mol. The van der Waals surface area contributed by atoms with E-state index in [2.05, 4.69) is 15.9 Å². The van der Waals surface area contributed by atoms with Gasteiger partial charge in [-0.1, -0.05) is 51.3 Å². The van der Waals surface area contributed by atoms with Crippen LogP contribution < -0.4 is 0 Å². The second-order valence-electron chi connectivity index (χ2n) is 5.70. The summed E-state index contributed by atoms with van der Waals surface area (Å²) in [5.41, 5.74) is 1.02. The van der Waals surface area contributed by atoms with Crippen molar-refractivity contribution in [2.75, 3.05) is 26.2 Å². The normalized spacial score (nSPS) is 14.5. The van der Waals surface area contributed by atoms with Gasteiger partial charge in [-0.05, 0) is 30.3 Å². The van der Waals surface area contributed by atoms with Gasteiger partial charge in [0.25, 0.3) is 11.8 Å². The summed E-state index contributed by atoms with van der Waals surface area (Å²) in [4.78, 5) is 28.6. The van der Waals surface area contributed by atoms with Crippen LogP contribution in [0.5, 0.6) is 0 Å². The molecule has 0 aromatic heterocycles. The molecule has 130 valence electrons. The molecule has 0 radical (unpaired) electrons. The Morgan fingerprint density at radius 3 is 2.12 bits per heavy atom. The Balaban J connectivity index is 1.66. The van der Waals surface area contributed by atoms with E-state index in [1.807, 2.05) is 12.1 Å². The number of piperazine rings is 1. The summed E-state index contributed by atoms with van der Waals surface area (Å²) in [5, 5.41) is 0.623. The molecule has 2 aromatic rings. The van der Waals surface area contributed by atoms with Crippen molar-refractivity contribution in [1.82, 2.24) is 9.80 Å². The minimum atomic E-state index is -0.165. The van der Waals surface area contributed by atoms with Crippen LogP contribution in [0.4, 0.5) is 0 Å². The topological polar surface area (TPSA) is 40.6 Å². The minimum Gasteiger partial charge on any atom is -0.335 e. The van der Waals surface area contributed by atoms with Gasteiger partial charge >= 0.3 is 0 Å². The first-order valence-electron chi connectivity index (χ1n) is 7.75. The number of rotatable bonds is 2. The fourth-order valence-electron chi connectivity index (χ4n) is 2.76. The van der Waals surface area contributed by atoms with E-state index in [0.717, 1.165) is 4.47 Å². The molecule has 1 fully saturated rings. The number of hydrogen-bond acceptors (Lipinski definition) is 2. The van der Waals surface area contributed by atoms with Gasteiger partial charge in [0.05, 0.1) is 15.6 Å². The van der Waals surface area contributed by atoms with Gasteiger partial charge < -0.3 is 9.80 Å². The fourth-order valence-corrected chi connectivity index (χ4v) is 3.54. The lowest BCUT2D eigenvalue weighted by Gasteiger charge is -2.35. The predicted octanol–water partition coefficient (Wildman–Crippen LogP) is 4.35. The Bertz CT molecular complexity index is 820. The van der Waals surface area contributed by atoms with Gasteiger partial charge in [-0.3, -0.25) is 9.59 Å². The zero-order valence-electron chi connectivity index (χ0n) is 13.2. The van der Waals surface area contributed by atoms with E-state index in [1.54, 1.807) is 40.1 Å². The average Bonchev–Trinajstić information content (AvgIpc) is 2.63. The van der Waals surface area contributed by atoms with Crippen molar-refractivity contribution < 1.29 is 9.59 Å². The van der Waals surface area contributed by atoms with Gasteiger partial charge in [0, 0.05) is 36.2 Å². The number of carbonyl (C=O) groups excluding carboxylic acids is 2. The maximum Gasteiger partial charge on any atom is 0.255 e. The number of hydrogen-bond donors (Lipinski definition) is 0. The zero-order chi connectivity index (χ0) is 18.0. The van der Waals surface area contributed by atoms with E-state index in [9.17, 15) is 9.59 Å². The van der Waals surface area contributed by atoms with Crippen molar-refractivity contribution in [1.29, 1.82) is 0 Å². The molecule has 1 heterocycles. The molecular weight excluding hydrogens is 427 g/mol. The van der Waals surface area contributed by atoms with Crippen LogP contribution in [0, 0.1) is 0 Å².